The van der Waals surface area contributed by atoms with Gasteiger partial charge in [-0.05, 0) is 42.5 Å². The largest absolute Gasteiger partial charge is 0.494 e. The smallest absolute Gasteiger partial charge is 0.144 e. The van der Waals surface area contributed by atoms with Crippen LogP contribution in [0.5, 0.6) is 5.75 Å². The van der Waals surface area contributed by atoms with Gasteiger partial charge in [0.25, 0.3) is 0 Å². The van der Waals surface area contributed by atoms with Gasteiger partial charge in [0.2, 0.25) is 0 Å². The van der Waals surface area contributed by atoms with Gasteiger partial charge in [0.05, 0.1) is 23.2 Å². The summed E-state index contributed by atoms with van der Waals surface area (Å²) in [5.41, 5.74) is 1.99. The summed E-state index contributed by atoms with van der Waals surface area (Å²) in [6.45, 7) is 0. The Balaban J connectivity index is 1.64. The van der Waals surface area contributed by atoms with E-state index in [1.54, 1.807) is 30.2 Å². The molecule has 0 unspecified atom stereocenters. The molecule has 0 amide bonds. The standard InChI is InChI=1S/C24H18N2OS2/c1-27-21-11-5-3-9-18(21)25-20-14-16(28-22-12-6-2-8-17(20)22)15-24-26-19-10-4-7-13-23(19)29-24/h2-15,26H,1H3/b24-15-,25-20?. The van der Waals surface area contributed by atoms with Crippen molar-refractivity contribution in [1.82, 2.24) is 0 Å². The molecule has 3 nitrogen and oxygen atoms in total. The Kier molecular flexibility index (Phi) is 4.84. The monoisotopic (exact) mass is 414 g/mol. The van der Waals surface area contributed by atoms with Crippen molar-refractivity contribution in [3.05, 3.63) is 94.1 Å². The molecule has 142 valence electrons. The lowest BCUT2D eigenvalue weighted by Gasteiger charge is -2.05. The third-order valence-electron chi connectivity index (χ3n) is 4.63. The summed E-state index contributed by atoms with van der Waals surface area (Å²) in [5.74, 6) is 0.771. The van der Waals surface area contributed by atoms with Crippen LogP contribution in [0.3, 0.4) is 0 Å². The van der Waals surface area contributed by atoms with Crippen molar-refractivity contribution in [2.75, 3.05) is 12.4 Å². The summed E-state index contributed by atoms with van der Waals surface area (Å²) in [6, 6.07) is 26.8. The van der Waals surface area contributed by atoms with Crippen LogP contribution in [-0.2, 0) is 0 Å². The topological polar surface area (TPSA) is 33.6 Å². The van der Waals surface area contributed by atoms with Gasteiger partial charge < -0.3 is 10.1 Å². The third kappa shape index (κ3) is 3.67. The summed E-state index contributed by atoms with van der Waals surface area (Å²) in [5, 5.41) is 6.71. The Morgan fingerprint density at radius 2 is 1.72 bits per heavy atom. The molecular weight excluding hydrogens is 396 g/mol. The maximum absolute atomic E-state index is 5.49. The van der Waals surface area contributed by atoms with E-state index in [4.69, 9.17) is 9.73 Å². The Morgan fingerprint density at radius 1 is 0.931 bits per heavy atom. The van der Waals surface area contributed by atoms with Gasteiger partial charge in [-0.3, -0.25) is 0 Å². The number of anilines is 1. The van der Waals surface area contributed by atoms with Crippen LogP contribution in [0.4, 0.5) is 11.4 Å². The predicted molar refractivity (Wildman–Crippen MR) is 124 cm³/mol. The second-order valence-corrected chi connectivity index (χ2v) is 8.74. The van der Waals surface area contributed by atoms with Gasteiger partial charge in [-0.2, -0.15) is 0 Å². The maximum Gasteiger partial charge on any atom is 0.144 e. The number of methoxy groups -OCH3 is 1. The normalized spacial score (nSPS) is 14.8. The first-order chi connectivity index (χ1) is 14.3. The first-order valence-corrected chi connectivity index (χ1v) is 10.9. The minimum Gasteiger partial charge on any atom is -0.494 e. The molecule has 0 radical (unpaired) electrons. The highest BCUT2D eigenvalue weighted by molar-refractivity contribution is 8.03. The lowest BCUT2D eigenvalue weighted by molar-refractivity contribution is 0.416. The summed E-state index contributed by atoms with van der Waals surface area (Å²) in [4.78, 5) is 7.35. The number of fused-ring (bicyclic) bond motifs is 2. The molecule has 1 N–H and O–H groups in total. The van der Waals surface area contributed by atoms with Crippen molar-refractivity contribution in [2.24, 2.45) is 4.99 Å². The van der Waals surface area contributed by atoms with Gasteiger partial charge >= 0.3 is 0 Å². The third-order valence-corrected chi connectivity index (χ3v) is 6.70. The van der Waals surface area contributed by atoms with E-state index < -0.39 is 0 Å². The van der Waals surface area contributed by atoms with Crippen LogP contribution in [0.2, 0.25) is 0 Å². The quantitative estimate of drug-likeness (QED) is 0.407. The predicted octanol–water partition coefficient (Wildman–Crippen LogP) is 6.66. The van der Waals surface area contributed by atoms with E-state index in [0.717, 1.165) is 37.8 Å². The van der Waals surface area contributed by atoms with Gasteiger partial charge in [0, 0.05) is 19.9 Å². The van der Waals surface area contributed by atoms with E-state index in [-0.39, 0.29) is 0 Å². The molecule has 0 saturated carbocycles. The molecule has 5 heteroatoms. The van der Waals surface area contributed by atoms with Crippen LogP contribution in [0.1, 0.15) is 4.88 Å². The average molecular weight is 415 g/mol. The van der Waals surface area contributed by atoms with E-state index in [2.05, 4.69) is 66.0 Å². The fourth-order valence-electron chi connectivity index (χ4n) is 3.28. The van der Waals surface area contributed by atoms with Crippen LogP contribution in [0.25, 0.3) is 16.2 Å². The number of para-hydroxylation sites is 3. The van der Waals surface area contributed by atoms with Crippen molar-refractivity contribution in [2.45, 2.75) is 4.90 Å². The van der Waals surface area contributed by atoms with Gasteiger partial charge in [0.15, 0.2) is 0 Å². The summed E-state index contributed by atoms with van der Waals surface area (Å²) in [7, 11) is 1.68. The van der Waals surface area contributed by atoms with E-state index in [1.807, 2.05) is 24.3 Å². The molecular formula is C24H18N2OS2. The summed E-state index contributed by atoms with van der Waals surface area (Å²) >= 11 is 3.52. The molecule has 1 aromatic heterocycles. The molecule has 3 aromatic carbocycles. The minimum absolute atomic E-state index is 0.771. The van der Waals surface area contributed by atoms with Crippen LogP contribution < -0.4 is 15.4 Å². The second kappa shape index (κ2) is 7.78. The number of hydrogen-bond acceptors (Lipinski definition) is 5. The number of rotatable bonds is 3. The molecule has 1 aliphatic rings. The average Bonchev–Trinajstić information content (AvgIpc) is 3.16. The molecule has 0 saturated heterocycles. The Morgan fingerprint density at radius 3 is 2.62 bits per heavy atom. The number of ether oxygens (including phenoxy) is 1. The van der Waals surface area contributed by atoms with Crippen LogP contribution in [-0.4, -0.2) is 7.11 Å². The van der Waals surface area contributed by atoms with Crippen LogP contribution >= 0.6 is 23.1 Å². The van der Waals surface area contributed by atoms with Crippen molar-refractivity contribution in [3.8, 4) is 5.75 Å². The molecule has 0 fully saturated rings. The Bertz CT molecular complexity index is 1280. The fourth-order valence-corrected chi connectivity index (χ4v) is 5.35. The molecule has 0 aliphatic carbocycles. The number of benzene rings is 3. The molecule has 5 rings (SSSR count). The van der Waals surface area contributed by atoms with Gasteiger partial charge in [0.1, 0.15) is 11.4 Å². The van der Waals surface area contributed by atoms with Crippen LogP contribution in [0, 0.1) is 0 Å². The van der Waals surface area contributed by atoms with Gasteiger partial charge in [-0.1, -0.05) is 54.2 Å². The Hall–Kier alpha value is -3.02. The fraction of sp³-hybridized carbons (Fsp3) is 0.0417. The van der Waals surface area contributed by atoms with Gasteiger partial charge in [-0.15, -0.1) is 11.3 Å². The molecule has 1 aliphatic heterocycles. The number of hydrogen-bond donors (Lipinski definition) is 1. The minimum atomic E-state index is 0.771. The highest BCUT2D eigenvalue weighted by Crippen LogP contribution is 2.41. The van der Waals surface area contributed by atoms with E-state index in [1.165, 1.54) is 9.60 Å². The second-order valence-electron chi connectivity index (χ2n) is 6.55. The van der Waals surface area contributed by atoms with Crippen molar-refractivity contribution >= 4 is 50.6 Å². The zero-order valence-corrected chi connectivity index (χ0v) is 17.4. The number of nitrogens with zero attached hydrogens (tertiary/aromatic N) is 1. The zero-order chi connectivity index (χ0) is 19.6. The van der Waals surface area contributed by atoms with Gasteiger partial charge in [-0.25, -0.2) is 4.99 Å². The zero-order valence-electron chi connectivity index (χ0n) is 15.8. The Labute approximate surface area is 177 Å². The van der Waals surface area contributed by atoms with E-state index in [9.17, 15) is 0 Å². The maximum atomic E-state index is 5.49. The van der Waals surface area contributed by atoms with Crippen molar-refractivity contribution < 1.29 is 4.74 Å². The first kappa shape index (κ1) is 18.0. The molecule has 0 bridgehead atoms. The first-order valence-electron chi connectivity index (χ1n) is 9.26. The van der Waals surface area contributed by atoms with E-state index in [0.29, 0.717) is 0 Å². The molecule has 4 aromatic rings. The lowest BCUT2D eigenvalue weighted by Crippen LogP contribution is -2.02. The number of thioether (sulfide) groups is 1. The molecule has 29 heavy (non-hydrogen) atoms. The van der Waals surface area contributed by atoms with Crippen molar-refractivity contribution in [3.63, 3.8) is 0 Å². The SMILES string of the molecule is COc1ccccc1N=c1cc(/C=C2/Nc3ccccc3S2)sc2ccccc12. The van der Waals surface area contributed by atoms with Crippen molar-refractivity contribution in [1.29, 1.82) is 0 Å². The highest BCUT2D eigenvalue weighted by atomic mass is 32.2. The van der Waals surface area contributed by atoms with Crippen LogP contribution in [0.15, 0.2) is 93.8 Å². The molecule has 0 atom stereocenters. The molecule has 2 heterocycles. The summed E-state index contributed by atoms with van der Waals surface area (Å²) < 4.78 is 6.69. The summed E-state index contributed by atoms with van der Waals surface area (Å²) in [6.07, 6.45) is 2.20. The highest BCUT2D eigenvalue weighted by Gasteiger charge is 2.15. The number of nitrogens with one attached hydrogen (secondary N) is 1. The van der Waals surface area contributed by atoms with E-state index >= 15 is 0 Å². The lowest BCUT2D eigenvalue weighted by atomic mass is 10.2. The molecule has 0 spiro atoms.